The van der Waals surface area contributed by atoms with Gasteiger partial charge in [-0.3, -0.25) is 4.79 Å². The van der Waals surface area contributed by atoms with Gasteiger partial charge in [-0.15, -0.1) is 0 Å². The smallest absolute Gasteiger partial charge is 0.303 e. The number of carboxylic acid groups (broad SMARTS) is 1. The summed E-state index contributed by atoms with van der Waals surface area (Å²) >= 11 is 0. The highest BCUT2D eigenvalue weighted by atomic mass is 16.4. The summed E-state index contributed by atoms with van der Waals surface area (Å²) < 4.78 is 0. The van der Waals surface area contributed by atoms with E-state index in [0.717, 1.165) is 12.8 Å². The van der Waals surface area contributed by atoms with Crippen LogP contribution in [0.3, 0.4) is 0 Å². The van der Waals surface area contributed by atoms with Crippen LogP contribution in [0.15, 0.2) is 0 Å². The maximum absolute atomic E-state index is 10.3. The van der Waals surface area contributed by atoms with E-state index >= 15 is 0 Å². The largest absolute Gasteiger partial charge is 0.481 e. The Morgan fingerprint density at radius 1 is 0.708 bits per heavy atom. The van der Waals surface area contributed by atoms with Crippen LogP contribution in [0.25, 0.3) is 0 Å². The Balaban J connectivity index is 0. The summed E-state index contributed by atoms with van der Waals surface area (Å²) in [6, 6.07) is 0. The molecule has 5 nitrogen and oxygen atoms in total. The van der Waals surface area contributed by atoms with Gasteiger partial charge in [0.2, 0.25) is 0 Å². The molecule has 0 radical (unpaired) electrons. The fourth-order valence-corrected chi connectivity index (χ4v) is 2.09. The summed E-state index contributed by atoms with van der Waals surface area (Å²) in [5, 5.41) is 33.9. The molecule has 0 atom stereocenters. The molecule has 0 fully saturated rings. The van der Waals surface area contributed by atoms with E-state index in [1.165, 1.54) is 57.8 Å². The van der Waals surface area contributed by atoms with Crippen molar-refractivity contribution in [1.29, 1.82) is 0 Å². The summed E-state index contributed by atoms with van der Waals surface area (Å²) in [5.74, 6) is -0.657. The zero-order valence-corrected chi connectivity index (χ0v) is 15.8. The van der Waals surface area contributed by atoms with E-state index in [9.17, 15) is 4.79 Å². The molecule has 0 aliphatic heterocycles. The first-order valence-corrected chi connectivity index (χ1v) is 9.50. The number of unbranched alkanes of at least 4 members (excludes halogenated alkanes) is 10. The average molecular weight is 349 g/mol. The minimum Gasteiger partial charge on any atom is -0.481 e. The topological polar surface area (TPSA) is 98.0 Å². The molecule has 0 aromatic heterocycles. The van der Waals surface area contributed by atoms with Crippen LogP contribution in [0.5, 0.6) is 0 Å². The van der Waals surface area contributed by atoms with Crippen molar-refractivity contribution in [2.75, 3.05) is 19.8 Å². The van der Waals surface area contributed by atoms with Crippen LogP contribution in [0.1, 0.15) is 90.9 Å². The number of aliphatic hydroxyl groups excluding tert-OH is 3. The first-order chi connectivity index (χ1) is 11.5. The van der Waals surface area contributed by atoms with Crippen molar-refractivity contribution in [3.05, 3.63) is 0 Å². The van der Waals surface area contributed by atoms with Gasteiger partial charge in [-0.1, -0.05) is 78.1 Å². The molecule has 5 heteroatoms. The molecule has 0 bridgehead atoms. The fraction of sp³-hybridized carbons (Fsp3) is 0.947. The molecule has 0 heterocycles. The molecule has 0 rings (SSSR count). The average Bonchev–Trinajstić information content (AvgIpc) is 2.59. The lowest BCUT2D eigenvalue weighted by atomic mass is 9.95. The number of rotatable bonds is 15. The van der Waals surface area contributed by atoms with Gasteiger partial charge < -0.3 is 20.4 Å². The maximum Gasteiger partial charge on any atom is 0.303 e. The van der Waals surface area contributed by atoms with E-state index in [1.807, 2.05) is 0 Å². The highest BCUT2D eigenvalue weighted by Gasteiger charge is 2.20. The van der Waals surface area contributed by atoms with Gasteiger partial charge in [0.1, 0.15) is 0 Å². The summed E-state index contributed by atoms with van der Waals surface area (Å²) in [6.45, 7) is 3.31. The minimum absolute atomic E-state index is 0.181. The van der Waals surface area contributed by atoms with E-state index in [1.54, 1.807) is 6.92 Å². The first kappa shape index (κ1) is 25.6. The van der Waals surface area contributed by atoms with Crippen molar-refractivity contribution in [2.24, 2.45) is 5.41 Å². The van der Waals surface area contributed by atoms with Crippen molar-refractivity contribution in [2.45, 2.75) is 90.9 Å². The molecular formula is C19H40O5. The van der Waals surface area contributed by atoms with Crippen molar-refractivity contribution < 1.29 is 25.2 Å². The lowest BCUT2D eigenvalue weighted by Gasteiger charge is -2.20. The lowest BCUT2D eigenvalue weighted by Crippen LogP contribution is -2.29. The van der Waals surface area contributed by atoms with Crippen LogP contribution in [0, 0.1) is 5.41 Å². The molecular weight excluding hydrogens is 308 g/mol. The zero-order valence-electron chi connectivity index (χ0n) is 15.8. The highest BCUT2D eigenvalue weighted by Crippen LogP contribution is 2.12. The predicted octanol–water partition coefficient (Wildman–Crippen LogP) is 3.74. The predicted molar refractivity (Wildman–Crippen MR) is 98.1 cm³/mol. The Labute approximate surface area is 148 Å². The van der Waals surface area contributed by atoms with Gasteiger partial charge in [0.25, 0.3) is 0 Å². The third kappa shape index (κ3) is 19.4. The Hall–Kier alpha value is -0.650. The molecule has 0 saturated heterocycles. The van der Waals surface area contributed by atoms with Crippen molar-refractivity contribution >= 4 is 5.97 Å². The van der Waals surface area contributed by atoms with Gasteiger partial charge in [-0.05, 0) is 6.42 Å². The molecule has 146 valence electrons. The number of hydrogen-bond acceptors (Lipinski definition) is 4. The molecule has 0 amide bonds. The third-order valence-electron chi connectivity index (χ3n) is 4.14. The van der Waals surface area contributed by atoms with Gasteiger partial charge in [-0.2, -0.15) is 0 Å². The molecule has 0 aromatic rings. The number of hydrogen-bond donors (Lipinski definition) is 4. The molecule has 0 unspecified atom stereocenters. The van der Waals surface area contributed by atoms with Crippen LogP contribution in [-0.2, 0) is 4.79 Å². The monoisotopic (exact) mass is 348 g/mol. The van der Waals surface area contributed by atoms with Gasteiger partial charge in [0.05, 0.1) is 19.8 Å². The van der Waals surface area contributed by atoms with E-state index < -0.39 is 11.4 Å². The summed E-state index contributed by atoms with van der Waals surface area (Å²) in [6.07, 6.45) is 14.4. The second kappa shape index (κ2) is 18.7. The standard InChI is InChI=1S/C14H28O2.C5H12O3/c1-2-3-4-5-6-7-8-9-10-11-12-13-14(15)16;1-5(2-6,3-7)4-8/h2-13H2,1H3,(H,15,16);6-8H,2-4H2,1H3. The maximum atomic E-state index is 10.3. The number of aliphatic carboxylic acids is 1. The van der Waals surface area contributed by atoms with Gasteiger partial charge in [-0.25, -0.2) is 0 Å². The molecule has 0 aliphatic carbocycles. The zero-order chi connectivity index (χ0) is 18.7. The third-order valence-corrected chi connectivity index (χ3v) is 4.14. The summed E-state index contributed by atoms with van der Waals surface area (Å²) in [5.41, 5.74) is -0.708. The highest BCUT2D eigenvalue weighted by molar-refractivity contribution is 5.66. The molecule has 4 N–H and O–H groups in total. The molecule has 24 heavy (non-hydrogen) atoms. The number of carbonyl (C=O) groups is 1. The van der Waals surface area contributed by atoms with E-state index in [-0.39, 0.29) is 19.8 Å². The number of aliphatic hydroxyl groups is 3. The summed E-state index contributed by atoms with van der Waals surface area (Å²) in [7, 11) is 0. The van der Waals surface area contributed by atoms with Crippen LogP contribution in [0.2, 0.25) is 0 Å². The van der Waals surface area contributed by atoms with E-state index in [4.69, 9.17) is 20.4 Å². The normalized spacial score (nSPS) is 11.0. The van der Waals surface area contributed by atoms with Gasteiger partial charge >= 0.3 is 5.97 Å². The minimum atomic E-state index is -0.708. The molecule has 0 aromatic carbocycles. The second-order valence-electron chi connectivity index (χ2n) is 6.96. The van der Waals surface area contributed by atoms with Crippen LogP contribution >= 0.6 is 0 Å². The van der Waals surface area contributed by atoms with Crippen molar-refractivity contribution in [1.82, 2.24) is 0 Å². The van der Waals surface area contributed by atoms with Crippen LogP contribution < -0.4 is 0 Å². The molecule has 0 aliphatic rings. The van der Waals surface area contributed by atoms with Gasteiger partial charge in [0.15, 0.2) is 0 Å². The SMILES string of the molecule is CC(CO)(CO)CO.CCCCCCCCCCCCCC(=O)O. The first-order valence-electron chi connectivity index (χ1n) is 9.50. The second-order valence-corrected chi connectivity index (χ2v) is 6.96. The molecule has 0 saturated carbocycles. The fourth-order valence-electron chi connectivity index (χ4n) is 2.09. The van der Waals surface area contributed by atoms with Crippen LogP contribution in [-0.4, -0.2) is 46.2 Å². The van der Waals surface area contributed by atoms with Crippen LogP contribution in [0.4, 0.5) is 0 Å². The Morgan fingerprint density at radius 2 is 1.04 bits per heavy atom. The van der Waals surface area contributed by atoms with E-state index in [2.05, 4.69) is 6.92 Å². The lowest BCUT2D eigenvalue weighted by molar-refractivity contribution is -0.137. The van der Waals surface area contributed by atoms with Gasteiger partial charge in [0, 0.05) is 11.8 Å². The quantitative estimate of drug-likeness (QED) is 0.338. The Kier molecular flexibility index (Phi) is 19.9. The van der Waals surface area contributed by atoms with E-state index in [0.29, 0.717) is 6.42 Å². The Bertz CT molecular complexity index is 256. The molecule has 0 spiro atoms. The Morgan fingerprint density at radius 3 is 1.29 bits per heavy atom. The van der Waals surface area contributed by atoms with Crippen molar-refractivity contribution in [3.63, 3.8) is 0 Å². The van der Waals surface area contributed by atoms with Crippen molar-refractivity contribution in [3.8, 4) is 0 Å². The summed E-state index contributed by atoms with van der Waals surface area (Å²) in [4.78, 5) is 10.3. The number of carboxylic acids is 1.